The highest BCUT2D eigenvalue weighted by Gasteiger charge is 2.17. The lowest BCUT2D eigenvalue weighted by Crippen LogP contribution is -2.48. The molecule has 15 heavy (non-hydrogen) atoms. The topological polar surface area (TPSA) is 30.5 Å². The predicted molar refractivity (Wildman–Crippen MR) is 54.4 cm³/mol. The fourth-order valence-corrected chi connectivity index (χ4v) is 1.36. The molecule has 1 aromatic rings. The molecule has 2 rings (SSSR count). The Morgan fingerprint density at radius 2 is 2.27 bits per heavy atom. The summed E-state index contributed by atoms with van der Waals surface area (Å²) in [5.41, 5.74) is 0.572. The molecule has 82 valence electrons. The third-order valence-corrected chi connectivity index (χ3v) is 2.48. The molecule has 1 fully saturated rings. The van der Waals surface area contributed by atoms with Crippen molar-refractivity contribution in [2.24, 2.45) is 0 Å². The summed E-state index contributed by atoms with van der Waals surface area (Å²) < 4.78 is 23.8. The first-order chi connectivity index (χ1) is 7.29. The summed E-state index contributed by atoms with van der Waals surface area (Å²) in [5.74, 6) is 0.253. The maximum Gasteiger partial charge on any atom is 0.132 e. The van der Waals surface area contributed by atoms with Crippen LogP contribution in [0.5, 0.6) is 5.75 Å². The van der Waals surface area contributed by atoms with Crippen LogP contribution < -0.4 is 10.1 Å². The maximum absolute atomic E-state index is 13.4. The highest BCUT2D eigenvalue weighted by Crippen LogP contribution is 2.17. The number of nitrogens with one attached hydrogen (secondary N) is 1. The van der Waals surface area contributed by atoms with Gasteiger partial charge in [0.25, 0.3) is 0 Å². The molecule has 0 saturated carbocycles. The van der Waals surface area contributed by atoms with Crippen molar-refractivity contribution in [1.29, 1.82) is 0 Å². The van der Waals surface area contributed by atoms with Crippen LogP contribution in [0.2, 0.25) is 0 Å². The molecule has 1 saturated heterocycles. The Hall–Kier alpha value is -1.13. The number of ether oxygens (including phenoxy) is 2. The molecule has 1 aliphatic heterocycles. The van der Waals surface area contributed by atoms with Crippen molar-refractivity contribution < 1.29 is 13.9 Å². The van der Waals surface area contributed by atoms with Gasteiger partial charge in [0.15, 0.2) is 0 Å². The third kappa shape index (κ3) is 2.46. The van der Waals surface area contributed by atoms with Crippen molar-refractivity contribution in [2.45, 2.75) is 12.7 Å². The van der Waals surface area contributed by atoms with Gasteiger partial charge >= 0.3 is 0 Å². The van der Waals surface area contributed by atoms with Gasteiger partial charge in [0, 0.05) is 24.7 Å². The normalized spacial score (nSPS) is 16.1. The summed E-state index contributed by atoms with van der Waals surface area (Å²) in [7, 11) is 1.52. The molecule has 1 aliphatic rings. The first-order valence-electron chi connectivity index (χ1n) is 4.94. The average molecular weight is 211 g/mol. The minimum absolute atomic E-state index is 0.228. The van der Waals surface area contributed by atoms with Crippen molar-refractivity contribution in [3.63, 3.8) is 0 Å². The molecule has 0 radical (unpaired) electrons. The van der Waals surface area contributed by atoms with Crippen molar-refractivity contribution in [1.82, 2.24) is 5.32 Å². The molecule has 0 aliphatic carbocycles. The van der Waals surface area contributed by atoms with Gasteiger partial charge in [-0.1, -0.05) is 6.07 Å². The molecule has 1 heterocycles. The monoisotopic (exact) mass is 211 g/mol. The van der Waals surface area contributed by atoms with Gasteiger partial charge in [0.2, 0.25) is 0 Å². The van der Waals surface area contributed by atoms with Gasteiger partial charge < -0.3 is 14.8 Å². The van der Waals surface area contributed by atoms with Gasteiger partial charge in [-0.3, -0.25) is 0 Å². The summed E-state index contributed by atoms with van der Waals surface area (Å²) in [6, 6.07) is 4.80. The van der Waals surface area contributed by atoms with E-state index in [4.69, 9.17) is 9.47 Å². The van der Waals surface area contributed by atoms with E-state index >= 15 is 0 Å². The van der Waals surface area contributed by atoms with E-state index in [2.05, 4.69) is 5.32 Å². The first kappa shape index (κ1) is 10.4. The first-order valence-corrected chi connectivity index (χ1v) is 4.94. The summed E-state index contributed by atoms with van der Waals surface area (Å²) in [5, 5.41) is 3.09. The van der Waals surface area contributed by atoms with Crippen molar-refractivity contribution in [3.05, 3.63) is 29.6 Å². The quantitative estimate of drug-likeness (QED) is 0.814. The van der Waals surface area contributed by atoms with Crippen LogP contribution in [0.1, 0.15) is 5.56 Å². The number of rotatable bonds is 4. The van der Waals surface area contributed by atoms with E-state index in [1.807, 2.05) is 0 Å². The Morgan fingerprint density at radius 3 is 2.80 bits per heavy atom. The van der Waals surface area contributed by atoms with Crippen molar-refractivity contribution >= 4 is 0 Å². The molecular formula is C11H14FNO2. The molecule has 1 aromatic carbocycles. The number of halogens is 1. The molecule has 1 N–H and O–H groups in total. The van der Waals surface area contributed by atoms with Gasteiger partial charge in [0.1, 0.15) is 11.6 Å². The third-order valence-electron chi connectivity index (χ3n) is 2.48. The standard InChI is InChI=1S/C11H14FNO2/c1-14-9-3-2-8(11(12)4-9)7-15-10-5-13-6-10/h2-4,10,13H,5-7H2,1H3. The Kier molecular flexibility index (Phi) is 3.18. The molecule has 3 nitrogen and oxygen atoms in total. The van der Waals surface area contributed by atoms with Crippen LogP contribution in [0, 0.1) is 5.82 Å². The lowest BCUT2D eigenvalue weighted by molar-refractivity contribution is 0.00636. The van der Waals surface area contributed by atoms with Crippen LogP contribution in [-0.2, 0) is 11.3 Å². The van der Waals surface area contributed by atoms with Gasteiger partial charge in [-0.25, -0.2) is 4.39 Å². The van der Waals surface area contributed by atoms with Gasteiger partial charge in [-0.15, -0.1) is 0 Å². The highest BCUT2D eigenvalue weighted by atomic mass is 19.1. The van der Waals surface area contributed by atoms with Gasteiger partial charge in [-0.05, 0) is 6.07 Å². The summed E-state index contributed by atoms with van der Waals surface area (Å²) >= 11 is 0. The number of hydrogen-bond acceptors (Lipinski definition) is 3. The Labute approximate surface area is 88.2 Å². The van der Waals surface area contributed by atoms with Crippen LogP contribution in [0.15, 0.2) is 18.2 Å². The zero-order valence-corrected chi connectivity index (χ0v) is 8.63. The van der Waals surface area contributed by atoms with E-state index in [-0.39, 0.29) is 11.9 Å². The smallest absolute Gasteiger partial charge is 0.132 e. The summed E-state index contributed by atoms with van der Waals surface area (Å²) in [4.78, 5) is 0. The second-order valence-corrected chi connectivity index (χ2v) is 3.55. The minimum Gasteiger partial charge on any atom is -0.497 e. The van der Waals surface area contributed by atoms with Gasteiger partial charge in [0.05, 0.1) is 19.8 Å². The Morgan fingerprint density at radius 1 is 1.47 bits per heavy atom. The molecule has 0 bridgehead atoms. The Bertz CT molecular complexity index is 339. The number of benzene rings is 1. The van der Waals surface area contributed by atoms with E-state index in [1.165, 1.54) is 13.2 Å². The molecule has 0 atom stereocenters. The largest absolute Gasteiger partial charge is 0.497 e. The highest BCUT2D eigenvalue weighted by molar-refractivity contribution is 5.28. The number of hydrogen-bond donors (Lipinski definition) is 1. The fourth-order valence-electron chi connectivity index (χ4n) is 1.36. The average Bonchev–Trinajstić information content (AvgIpc) is 2.18. The second-order valence-electron chi connectivity index (χ2n) is 3.55. The van der Waals surface area contributed by atoms with Crippen LogP contribution in [0.25, 0.3) is 0 Å². The molecule has 0 amide bonds. The zero-order valence-electron chi connectivity index (χ0n) is 8.63. The maximum atomic E-state index is 13.4. The van der Waals surface area contributed by atoms with Gasteiger partial charge in [-0.2, -0.15) is 0 Å². The summed E-state index contributed by atoms with van der Waals surface area (Å²) in [6.07, 6.45) is 0.228. The SMILES string of the molecule is COc1ccc(COC2CNC2)c(F)c1. The van der Waals surface area contributed by atoms with E-state index in [0.29, 0.717) is 17.9 Å². The van der Waals surface area contributed by atoms with Crippen LogP contribution in [0.4, 0.5) is 4.39 Å². The van der Waals surface area contributed by atoms with E-state index in [0.717, 1.165) is 13.1 Å². The van der Waals surface area contributed by atoms with Crippen LogP contribution in [0.3, 0.4) is 0 Å². The lowest BCUT2D eigenvalue weighted by Gasteiger charge is -2.27. The van der Waals surface area contributed by atoms with E-state index in [9.17, 15) is 4.39 Å². The molecule has 0 spiro atoms. The molecule has 0 unspecified atom stereocenters. The second kappa shape index (κ2) is 4.59. The molecule has 4 heteroatoms. The van der Waals surface area contributed by atoms with E-state index in [1.54, 1.807) is 12.1 Å². The lowest BCUT2D eigenvalue weighted by atomic mass is 10.2. The van der Waals surface area contributed by atoms with Crippen LogP contribution >= 0.6 is 0 Å². The zero-order chi connectivity index (χ0) is 10.7. The van der Waals surface area contributed by atoms with E-state index < -0.39 is 0 Å². The Balaban J connectivity index is 1.95. The summed E-state index contributed by atoms with van der Waals surface area (Å²) in [6.45, 7) is 2.04. The van der Waals surface area contributed by atoms with Crippen molar-refractivity contribution in [3.8, 4) is 5.75 Å². The minimum atomic E-state index is -0.276. The molecule has 0 aromatic heterocycles. The number of methoxy groups -OCH3 is 1. The van der Waals surface area contributed by atoms with Crippen LogP contribution in [-0.4, -0.2) is 26.3 Å². The fraction of sp³-hybridized carbons (Fsp3) is 0.455. The van der Waals surface area contributed by atoms with Crippen molar-refractivity contribution in [2.75, 3.05) is 20.2 Å². The molecular weight excluding hydrogens is 197 g/mol. The predicted octanol–water partition coefficient (Wildman–Crippen LogP) is 1.32.